The van der Waals surface area contributed by atoms with E-state index in [1.165, 1.54) is 12.1 Å². The van der Waals surface area contributed by atoms with Crippen LogP contribution in [-0.4, -0.2) is 32.8 Å². The fraction of sp³-hybridized carbons (Fsp3) is 0.231. The average Bonchev–Trinajstić information content (AvgIpc) is 2.83. The topological polar surface area (TPSA) is 95.6 Å². The zero-order valence-electron chi connectivity index (χ0n) is 19.5. The molecule has 0 heterocycles. The summed E-state index contributed by atoms with van der Waals surface area (Å²) in [6.45, 7) is 5.19. The summed E-state index contributed by atoms with van der Waals surface area (Å²) >= 11 is 0. The van der Waals surface area contributed by atoms with Crippen LogP contribution in [0.4, 0.5) is 11.4 Å². The second-order valence-electron chi connectivity index (χ2n) is 7.99. The Hall–Kier alpha value is -3.65. The van der Waals surface area contributed by atoms with Crippen molar-refractivity contribution in [3.8, 4) is 0 Å². The van der Waals surface area contributed by atoms with Crippen molar-refractivity contribution >= 4 is 33.2 Å². The molecule has 0 aliphatic carbocycles. The summed E-state index contributed by atoms with van der Waals surface area (Å²) < 4.78 is 28.1. The molecule has 34 heavy (non-hydrogen) atoms. The molecule has 0 aliphatic rings. The summed E-state index contributed by atoms with van der Waals surface area (Å²) in [7, 11) is -4.02. The van der Waals surface area contributed by atoms with Crippen LogP contribution in [0.1, 0.15) is 36.2 Å². The Balaban J connectivity index is 1.91. The summed E-state index contributed by atoms with van der Waals surface area (Å²) in [5.74, 6) is -0.871. The molecule has 0 radical (unpaired) electrons. The molecular weight excluding hydrogens is 450 g/mol. The summed E-state index contributed by atoms with van der Waals surface area (Å²) in [4.78, 5) is 25.9. The van der Waals surface area contributed by atoms with Crippen LogP contribution >= 0.6 is 0 Å². The predicted octanol–water partition coefficient (Wildman–Crippen LogP) is 4.36. The Kier molecular flexibility index (Phi) is 8.07. The van der Waals surface area contributed by atoms with Crippen LogP contribution < -0.4 is 14.9 Å². The number of hydrogen-bond donors (Lipinski definition) is 2. The molecule has 3 rings (SSSR count). The third-order valence-electron chi connectivity index (χ3n) is 5.44. The smallest absolute Gasteiger partial charge is 0.264 e. The lowest BCUT2D eigenvalue weighted by Crippen LogP contribution is -2.39. The molecule has 3 aromatic rings. The Morgan fingerprint density at radius 3 is 2.21 bits per heavy atom. The van der Waals surface area contributed by atoms with Gasteiger partial charge >= 0.3 is 0 Å². The molecule has 0 saturated carbocycles. The van der Waals surface area contributed by atoms with Gasteiger partial charge in [0.15, 0.2) is 0 Å². The molecule has 0 unspecified atom stereocenters. The number of hydrogen-bond acceptors (Lipinski definition) is 4. The Morgan fingerprint density at radius 2 is 1.53 bits per heavy atom. The molecule has 0 aliphatic heterocycles. The first-order valence-electron chi connectivity index (χ1n) is 11.1. The highest BCUT2D eigenvalue weighted by Crippen LogP contribution is 2.27. The maximum Gasteiger partial charge on any atom is 0.264 e. The molecule has 2 amide bonds. The van der Waals surface area contributed by atoms with Crippen molar-refractivity contribution in [3.05, 3.63) is 90.0 Å². The first-order chi connectivity index (χ1) is 16.2. The lowest BCUT2D eigenvalue weighted by atomic mass is 10.1. The molecule has 7 nitrogen and oxygen atoms in total. The molecule has 2 N–H and O–H groups in total. The highest BCUT2D eigenvalue weighted by Gasteiger charge is 2.28. The average molecular weight is 480 g/mol. The van der Waals surface area contributed by atoms with Gasteiger partial charge in [-0.05, 0) is 56.2 Å². The van der Waals surface area contributed by atoms with E-state index in [9.17, 15) is 18.0 Å². The fourth-order valence-electron chi connectivity index (χ4n) is 3.38. The van der Waals surface area contributed by atoms with Gasteiger partial charge in [-0.25, -0.2) is 8.42 Å². The number of nitrogens with one attached hydrogen (secondary N) is 2. The minimum Gasteiger partial charge on any atom is -0.350 e. The first-order valence-corrected chi connectivity index (χ1v) is 12.5. The number of benzene rings is 3. The summed E-state index contributed by atoms with van der Waals surface area (Å²) in [6, 6.07) is 21.6. The van der Waals surface area contributed by atoms with E-state index < -0.39 is 22.5 Å². The number of carbonyl (C=O) groups is 2. The number of sulfonamides is 1. The van der Waals surface area contributed by atoms with Gasteiger partial charge in [0.25, 0.3) is 15.9 Å². The third kappa shape index (κ3) is 5.82. The van der Waals surface area contributed by atoms with Gasteiger partial charge in [0.1, 0.15) is 6.54 Å². The Morgan fingerprint density at radius 1 is 0.912 bits per heavy atom. The van der Waals surface area contributed by atoms with Gasteiger partial charge in [-0.3, -0.25) is 13.9 Å². The van der Waals surface area contributed by atoms with E-state index in [0.29, 0.717) is 22.5 Å². The van der Waals surface area contributed by atoms with Gasteiger partial charge in [-0.2, -0.15) is 0 Å². The van der Waals surface area contributed by atoms with Gasteiger partial charge in [-0.15, -0.1) is 0 Å². The lowest BCUT2D eigenvalue weighted by molar-refractivity contribution is -0.114. The molecule has 0 fully saturated rings. The van der Waals surface area contributed by atoms with Crippen LogP contribution in [0.15, 0.2) is 83.8 Å². The lowest BCUT2D eigenvalue weighted by Gasteiger charge is -2.25. The monoisotopic (exact) mass is 479 g/mol. The number of nitrogens with zero attached hydrogens (tertiary/aromatic N) is 1. The van der Waals surface area contributed by atoms with E-state index in [0.717, 1.165) is 10.7 Å². The number of amides is 2. The van der Waals surface area contributed by atoms with Gasteiger partial charge in [0.05, 0.1) is 21.8 Å². The fourth-order valence-corrected chi connectivity index (χ4v) is 4.88. The van der Waals surface area contributed by atoms with Crippen molar-refractivity contribution in [3.63, 3.8) is 0 Å². The van der Waals surface area contributed by atoms with E-state index in [1.54, 1.807) is 73.7 Å². The molecule has 8 heteroatoms. The van der Waals surface area contributed by atoms with E-state index in [4.69, 9.17) is 0 Å². The third-order valence-corrected chi connectivity index (χ3v) is 7.21. The van der Waals surface area contributed by atoms with Crippen molar-refractivity contribution < 1.29 is 18.0 Å². The number of anilines is 2. The van der Waals surface area contributed by atoms with Crippen LogP contribution in [-0.2, 0) is 14.8 Å². The highest BCUT2D eigenvalue weighted by molar-refractivity contribution is 7.92. The standard InChI is InChI=1S/C26H29N3O4S/c1-4-20(3)27-26(31)22-15-9-10-16-23(22)28-25(30)18-29(24-17-11-8-12-19(24)2)34(32,33)21-13-6-5-7-14-21/h5-17,20H,4,18H2,1-3H3,(H,27,31)(H,28,30)/t20-/m0/s1. The maximum absolute atomic E-state index is 13.5. The predicted molar refractivity (Wildman–Crippen MR) is 134 cm³/mol. The Labute approximate surface area is 200 Å². The minimum atomic E-state index is -4.02. The van der Waals surface area contributed by atoms with Crippen molar-refractivity contribution in [2.75, 3.05) is 16.2 Å². The molecule has 0 spiro atoms. The highest BCUT2D eigenvalue weighted by atomic mass is 32.2. The van der Waals surface area contributed by atoms with Crippen LogP contribution in [0, 0.1) is 6.92 Å². The van der Waals surface area contributed by atoms with Crippen LogP contribution in [0.25, 0.3) is 0 Å². The number of rotatable bonds is 9. The quantitative estimate of drug-likeness (QED) is 0.477. The van der Waals surface area contributed by atoms with Crippen LogP contribution in [0.5, 0.6) is 0 Å². The summed E-state index contributed by atoms with van der Waals surface area (Å²) in [6.07, 6.45) is 0.767. The van der Waals surface area contributed by atoms with Gasteiger partial charge in [0, 0.05) is 6.04 Å². The summed E-state index contributed by atoms with van der Waals surface area (Å²) in [5, 5.41) is 5.60. The van der Waals surface area contributed by atoms with Gasteiger partial charge in [0.2, 0.25) is 5.91 Å². The van der Waals surface area contributed by atoms with Crippen molar-refractivity contribution in [1.82, 2.24) is 5.32 Å². The second-order valence-corrected chi connectivity index (χ2v) is 9.85. The van der Waals surface area contributed by atoms with Gasteiger partial charge in [-0.1, -0.05) is 55.5 Å². The SMILES string of the molecule is CC[C@H](C)NC(=O)c1ccccc1NC(=O)CN(c1ccccc1C)S(=O)(=O)c1ccccc1. The van der Waals surface area contributed by atoms with E-state index in [2.05, 4.69) is 10.6 Å². The Bertz CT molecular complexity index is 1260. The van der Waals surface area contributed by atoms with E-state index in [1.807, 2.05) is 13.8 Å². The van der Waals surface area contributed by atoms with E-state index in [-0.39, 0.29) is 16.8 Å². The molecule has 0 bridgehead atoms. The largest absolute Gasteiger partial charge is 0.350 e. The molecule has 0 saturated heterocycles. The number of para-hydroxylation sites is 2. The zero-order chi connectivity index (χ0) is 24.7. The van der Waals surface area contributed by atoms with Crippen molar-refractivity contribution in [2.24, 2.45) is 0 Å². The van der Waals surface area contributed by atoms with Crippen LogP contribution in [0.3, 0.4) is 0 Å². The summed E-state index contributed by atoms with van der Waals surface area (Å²) in [5.41, 5.74) is 1.74. The van der Waals surface area contributed by atoms with Crippen molar-refractivity contribution in [1.29, 1.82) is 0 Å². The normalized spacial score (nSPS) is 12.0. The number of aryl methyl sites for hydroxylation is 1. The maximum atomic E-state index is 13.5. The first kappa shape index (κ1) is 25.0. The molecular formula is C26H29N3O4S. The molecule has 178 valence electrons. The molecule has 0 aromatic heterocycles. The van der Waals surface area contributed by atoms with E-state index >= 15 is 0 Å². The van der Waals surface area contributed by atoms with Crippen molar-refractivity contribution in [2.45, 2.75) is 38.1 Å². The number of carbonyl (C=O) groups excluding carboxylic acids is 2. The minimum absolute atomic E-state index is 0.0242. The second kappa shape index (κ2) is 11.0. The van der Waals surface area contributed by atoms with Crippen LogP contribution in [0.2, 0.25) is 0 Å². The molecule has 1 atom stereocenters. The zero-order valence-corrected chi connectivity index (χ0v) is 20.3. The molecule has 3 aromatic carbocycles. The van der Waals surface area contributed by atoms with Gasteiger partial charge < -0.3 is 10.6 Å².